The van der Waals surface area contributed by atoms with Crippen LogP contribution in [-0.4, -0.2) is 34.5 Å². The smallest absolute Gasteiger partial charge is 0.338 e. The van der Waals surface area contributed by atoms with Crippen molar-refractivity contribution in [3.63, 3.8) is 0 Å². The molecule has 0 radical (unpaired) electrons. The normalized spacial score (nSPS) is 11.8. The largest absolute Gasteiger partial charge is 0.449 e. The number of benzene rings is 2. The Bertz CT molecular complexity index is 928. The second kappa shape index (κ2) is 7.74. The van der Waals surface area contributed by atoms with E-state index in [-0.39, 0.29) is 5.91 Å². The lowest BCUT2D eigenvalue weighted by Crippen LogP contribution is -2.40. The van der Waals surface area contributed by atoms with Gasteiger partial charge in [-0.25, -0.2) is 4.79 Å². The lowest BCUT2D eigenvalue weighted by atomic mass is 10.2. The van der Waals surface area contributed by atoms with Crippen molar-refractivity contribution in [2.45, 2.75) is 20.0 Å². The lowest BCUT2D eigenvalue weighted by molar-refractivity contribution is -0.126. The molecule has 3 rings (SSSR count). The molecule has 0 saturated heterocycles. The molecule has 1 amide bonds. The van der Waals surface area contributed by atoms with Crippen LogP contribution in [0.2, 0.25) is 0 Å². The van der Waals surface area contributed by atoms with E-state index in [1.807, 2.05) is 37.3 Å². The van der Waals surface area contributed by atoms with E-state index < -0.39 is 12.1 Å². The van der Waals surface area contributed by atoms with Gasteiger partial charge in [-0.1, -0.05) is 18.2 Å². The van der Waals surface area contributed by atoms with Gasteiger partial charge in [-0.3, -0.25) is 14.8 Å². The quantitative estimate of drug-likeness (QED) is 0.661. The Kier molecular flexibility index (Phi) is 5.22. The van der Waals surface area contributed by atoms with Crippen LogP contribution in [0.3, 0.4) is 0 Å². The fraction of sp³-hybridized carbons (Fsp3) is 0.200. The number of fused-ring (bicyclic) bond motifs is 1. The van der Waals surface area contributed by atoms with Crippen molar-refractivity contribution in [2.24, 2.45) is 0 Å². The second-order valence-electron chi connectivity index (χ2n) is 5.73. The average molecular weight is 349 g/mol. The molecular weight excluding hydrogens is 330 g/mol. The Hall–Kier alpha value is -3.28. The maximum Gasteiger partial charge on any atom is 0.338 e. The molecule has 1 heterocycles. The highest BCUT2D eigenvalue weighted by atomic mass is 16.5. The second-order valence-corrected chi connectivity index (χ2v) is 5.73. The highest BCUT2D eigenvalue weighted by Gasteiger charge is 2.24. The van der Waals surface area contributed by atoms with Crippen LogP contribution in [-0.2, 0) is 9.53 Å². The maximum absolute atomic E-state index is 12.7. The van der Waals surface area contributed by atoms with Gasteiger partial charge in [0.2, 0.25) is 0 Å². The van der Waals surface area contributed by atoms with Gasteiger partial charge in [-0.05, 0) is 44.2 Å². The third kappa shape index (κ3) is 3.69. The van der Waals surface area contributed by atoms with Crippen molar-refractivity contribution < 1.29 is 14.3 Å². The molecule has 132 valence electrons. The number of hydrogen-bond acceptors (Lipinski definition) is 5. The minimum Gasteiger partial charge on any atom is -0.449 e. The van der Waals surface area contributed by atoms with E-state index in [9.17, 15) is 9.59 Å². The van der Waals surface area contributed by atoms with Gasteiger partial charge in [0.15, 0.2) is 6.10 Å². The minimum atomic E-state index is -0.903. The van der Waals surface area contributed by atoms with Crippen molar-refractivity contribution in [3.05, 3.63) is 66.5 Å². The third-order valence-electron chi connectivity index (χ3n) is 3.99. The van der Waals surface area contributed by atoms with E-state index in [1.54, 1.807) is 42.4 Å². The number of para-hydroxylation sites is 1. The van der Waals surface area contributed by atoms with Gasteiger partial charge in [-0.2, -0.15) is 0 Å². The van der Waals surface area contributed by atoms with Gasteiger partial charge in [-0.15, -0.1) is 0 Å². The molecule has 26 heavy (non-hydrogen) atoms. The lowest BCUT2D eigenvalue weighted by Gasteiger charge is -2.24. The van der Waals surface area contributed by atoms with Crippen LogP contribution in [0.1, 0.15) is 24.2 Å². The first-order valence-corrected chi connectivity index (χ1v) is 8.38. The number of nitrogens with zero attached hydrogens (tertiary/aromatic N) is 3. The molecular formula is C20H19N3O3. The maximum atomic E-state index is 12.7. The van der Waals surface area contributed by atoms with E-state index in [1.165, 1.54) is 0 Å². The summed E-state index contributed by atoms with van der Waals surface area (Å²) in [6, 6.07) is 14.2. The van der Waals surface area contributed by atoms with Gasteiger partial charge in [0.25, 0.3) is 5.91 Å². The molecule has 0 aliphatic carbocycles. The molecule has 0 aliphatic heterocycles. The van der Waals surface area contributed by atoms with Crippen molar-refractivity contribution in [3.8, 4) is 0 Å². The molecule has 6 heteroatoms. The van der Waals surface area contributed by atoms with E-state index in [0.717, 1.165) is 5.69 Å². The van der Waals surface area contributed by atoms with Crippen molar-refractivity contribution >= 4 is 28.6 Å². The number of rotatable bonds is 5. The zero-order valence-corrected chi connectivity index (χ0v) is 14.6. The van der Waals surface area contributed by atoms with Gasteiger partial charge >= 0.3 is 5.97 Å². The van der Waals surface area contributed by atoms with Crippen LogP contribution in [0.4, 0.5) is 5.69 Å². The number of carbonyl (C=O) groups excluding carboxylic acids is 2. The fourth-order valence-corrected chi connectivity index (χ4v) is 2.66. The van der Waals surface area contributed by atoms with Crippen LogP contribution in [0.15, 0.2) is 60.9 Å². The van der Waals surface area contributed by atoms with Gasteiger partial charge in [0.1, 0.15) is 0 Å². The van der Waals surface area contributed by atoms with Gasteiger partial charge in [0, 0.05) is 24.6 Å². The average Bonchev–Trinajstić information content (AvgIpc) is 2.68. The number of anilines is 1. The van der Waals surface area contributed by atoms with Crippen LogP contribution < -0.4 is 4.90 Å². The van der Waals surface area contributed by atoms with E-state index >= 15 is 0 Å². The molecule has 1 atom stereocenters. The Morgan fingerprint density at radius 2 is 1.73 bits per heavy atom. The predicted molar refractivity (Wildman–Crippen MR) is 98.9 cm³/mol. The molecule has 0 fully saturated rings. The summed E-state index contributed by atoms with van der Waals surface area (Å²) >= 11 is 0. The Morgan fingerprint density at radius 1 is 1.04 bits per heavy atom. The Balaban J connectivity index is 1.74. The minimum absolute atomic E-state index is 0.271. The molecule has 1 aromatic heterocycles. The molecule has 2 aromatic carbocycles. The summed E-state index contributed by atoms with van der Waals surface area (Å²) in [6.45, 7) is 3.93. The number of hydrogen-bond donors (Lipinski definition) is 0. The van der Waals surface area contributed by atoms with E-state index in [0.29, 0.717) is 23.1 Å². The van der Waals surface area contributed by atoms with Crippen LogP contribution in [0, 0.1) is 0 Å². The number of ether oxygens (including phenoxy) is 1. The van der Waals surface area contributed by atoms with E-state index in [2.05, 4.69) is 9.97 Å². The standard InChI is InChI=1S/C20H19N3O3/c1-3-23(16-7-5-4-6-8-16)19(24)14(2)26-20(25)15-9-10-17-18(13-15)22-12-11-21-17/h4-14H,3H2,1-2H3/t14-/m0/s1. The number of carbonyl (C=O) groups is 2. The first-order valence-electron chi connectivity index (χ1n) is 8.38. The summed E-state index contributed by atoms with van der Waals surface area (Å²) < 4.78 is 5.37. The molecule has 3 aromatic rings. The topological polar surface area (TPSA) is 72.4 Å². The number of aromatic nitrogens is 2. The molecule has 0 unspecified atom stereocenters. The molecule has 0 spiro atoms. The molecule has 0 bridgehead atoms. The summed E-state index contributed by atoms with van der Waals surface area (Å²) in [5.74, 6) is -0.838. The van der Waals surface area contributed by atoms with Crippen molar-refractivity contribution in [1.29, 1.82) is 0 Å². The van der Waals surface area contributed by atoms with Crippen LogP contribution in [0.25, 0.3) is 11.0 Å². The van der Waals surface area contributed by atoms with Crippen LogP contribution >= 0.6 is 0 Å². The zero-order valence-electron chi connectivity index (χ0n) is 14.6. The Labute approximate surface area is 151 Å². The number of amides is 1. The predicted octanol–water partition coefficient (Wildman–Crippen LogP) is 3.23. The number of esters is 1. The molecule has 6 nitrogen and oxygen atoms in total. The Morgan fingerprint density at radius 3 is 2.42 bits per heavy atom. The fourth-order valence-electron chi connectivity index (χ4n) is 2.66. The molecule has 0 aliphatic rings. The van der Waals surface area contributed by atoms with Crippen LogP contribution in [0.5, 0.6) is 0 Å². The van der Waals surface area contributed by atoms with Gasteiger partial charge in [0.05, 0.1) is 16.6 Å². The summed E-state index contributed by atoms with van der Waals surface area (Å²) in [5, 5.41) is 0. The highest BCUT2D eigenvalue weighted by Crippen LogP contribution is 2.17. The summed E-state index contributed by atoms with van der Waals surface area (Å²) in [7, 11) is 0. The van der Waals surface area contributed by atoms with E-state index in [4.69, 9.17) is 4.74 Å². The zero-order chi connectivity index (χ0) is 18.5. The monoisotopic (exact) mass is 349 g/mol. The summed E-state index contributed by atoms with van der Waals surface area (Å²) in [5.41, 5.74) is 2.39. The van der Waals surface area contributed by atoms with Crippen molar-refractivity contribution in [1.82, 2.24) is 9.97 Å². The SMILES string of the molecule is CCN(C(=O)[C@H](C)OC(=O)c1ccc2nccnc2c1)c1ccccc1. The van der Waals surface area contributed by atoms with Gasteiger partial charge < -0.3 is 9.64 Å². The summed E-state index contributed by atoms with van der Waals surface area (Å²) in [4.78, 5) is 35.0. The first kappa shape index (κ1) is 17.5. The highest BCUT2D eigenvalue weighted by molar-refractivity contribution is 5.99. The molecule has 0 N–H and O–H groups in total. The number of likely N-dealkylation sites (N-methyl/N-ethyl adjacent to an activating group) is 1. The summed E-state index contributed by atoms with van der Waals surface area (Å²) in [6.07, 6.45) is 2.24. The third-order valence-corrected chi connectivity index (χ3v) is 3.99. The first-order chi connectivity index (χ1) is 12.6. The van der Waals surface area contributed by atoms with Crippen molar-refractivity contribution in [2.75, 3.05) is 11.4 Å². The molecule has 0 saturated carbocycles.